The molecular formula is C27H29ClN2O2. The zero-order valence-corrected chi connectivity index (χ0v) is 19.3. The number of halogens is 1. The summed E-state index contributed by atoms with van der Waals surface area (Å²) in [6.07, 6.45) is 0.669. The highest BCUT2D eigenvalue weighted by Gasteiger charge is 2.30. The van der Waals surface area contributed by atoms with E-state index in [1.165, 1.54) is 0 Å². The molecule has 3 rings (SSSR count). The minimum Gasteiger partial charge on any atom is -0.352 e. The Bertz CT molecular complexity index is 1000. The molecule has 0 fully saturated rings. The van der Waals surface area contributed by atoms with Crippen molar-refractivity contribution in [3.05, 3.63) is 107 Å². The average molecular weight is 449 g/mol. The van der Waals surface area contributed by atoms with Crippen LogP contribution in [0.2, 0.25) is 5.02 Å². The summed E-state index contributed by atoms with van der Waals surface area (Å²) in [6, 6.07) is 26.2. The van der Waals surface area contributed by atoms with E-state index in [1.54, 1.807) is 17.0 Å². The van der Waals surface area contributed by atoms with Gasteiger partial charge in [0.05, 0.1) is 6.42 Å². The summed E-state index contributed by atoms with van der Waals surface area (Å²) in [4.78, 5) is 28.5. The number of hydrogen-bond donors (Lipinski definition) is 1. The normalized spacial score (nSPS) is 11.8. The molecule has 0 saturated carbocycles. The van der Waals surface area contributed by atoms with Crippen molar-refractivity contribution >= 4 is 23.4 Å². The van der Waals surface area contributed by atoms with Gasteiger partial charge in [0.25, 0.3) is 0 Å². The van der Waals surface area contributed by atoms with Crippen molar-refractivity contribution in [1.82, 2.24) is 10.2 Å². The molecule has 3 aromatic rings. The first-order valence-electron chi connectivity index (χ1n) is 10.8. The number of hydrogen-bond acceptors (Lipinski definition) is 2. The highest BCUT2D eigenvalue weighted by atomic mass is 35.5. The predicted molar refractivity (Wildman–Crippen MR) is 129 cm³/mol. The first-order chi connectivity index (χ1) is 15.4. The second-order valence-electron chi connectivity index (χ2n) is 8.18. The van der Waals surface area contributed by atoms with Crippen LogP contribution in [0.4, 0.5) is 0 Å². The SMILES string of the molecule is CC(C)NC(=O)[C@@H](Cc1ccccc1)N(Cc1ccc(Cl)cc1)C(=O)Cc1ccccc1. The van der Waals surface area contributed by atoms with Crippen molar-refractivity contribution in [1.29, 1.82) is 0 Å². The van der Waals surface area contributed by atoms with Gasteiger partial charge in [-0.05, 0) is 42.7 Å². The van der Waals surface area contributed by atoms with Gasteiger partial charge in [0.15, 0.2) is 0 Å². The molecule has 3 aromatic carbocycles. The van der Waals surface area contributed by atoms with E-state index in [9.17, 15) is 9.59 Å². The Kier molecular flexibility index (Phi) is 8.46. The van der Waals surface area contributed by atoms with Crippen LogP contribution < -0.4 is 5.32 Å². The Labute approximate surface area is 195 Å². The van der Waals surface area contributed by atoms with Gasteiger partial charge < -0.3 is 10.2 Å². The molecule has 1 N–H and O–H groups in total. The van der Waals surface area contributed by atoms with Crippen molar-refractivity contribution in [3.63, 3.8) is 0 Å². The van der Waals surface area contributed by atoms with E-state index >= 15 is 0 Å². The lowest BCUT2D eigenvalue weighted by Gasteiger charge is -2.32. The summed E-state index contributed by atoms with van der Waals surface area (Å²) >= 11 is 6.05. The number of nitrogens with zero attached hydrogens (tertiary/aromatic N) is 1. The van der Waals surface area contributed by atoms with Crippen molar-refractivity contribution in [3.8, 4) is 0 Å². The molecule has 5 heteroatoms. The third-order valence-electron chi connectivity index (χ3n) is 5.17. The standard InChI is InChI=1S/C27H29ClN2O2/c1-20(2)29-27(32)25(17-21-9-5-3-6-10-21)30(19-23-13-15-24(28)16-14-23)26(31)18-22-11-7-4-8-12-22/h3-16,20,25H,17-19H2,1-2H3,(H,29,32)/t25-/m1/s1. The molecule has 166 valence electrons. The lowest BCUT2D eigenvalue weighted by molar-refractivity contribution is -0.141. The van der Waals surface area contributed by atoms with Crippen LogP contribution in [0.1, 0.15) is 30.5 Å². The second kappa shape index (κ2) is 11.5. The van der Waals surface area contributed by atoms with Gasteiger partial charge in [-0.15, -0.1) is 0 Å². The minimum absolute atomic E-state index is 0.0256. The average Bonchev–Trinajstić information content (AvgIpc) is 2.78. The van der Waals surface area contributed by atoms with Gasteiger partial charge in [0, 0.05) is 24.0 Å². The molecule has 4 nitrogen and oxygen atoms in total. The maximum absolute atomic E-state index is 13.5. The van der Waals surface area contributed by atoms with Gasteiger partial charge in [0.2, 0.25) is 11.8 Å². The molecule has 1 atom stereocenters. The summed E-state index contributed by atoms with van der Waals surface area (Å²) < 4.78 is 0. The first-order valence-corrected chi connectivity index (χ1v) is 11.2. The smallest absolute Gasteiger partial charge is 0.243 e. The first kappa shape index (κ1) is 23.6. The van der Waals surface area contributed by atoms with Crippen LogP contribution in [0.15, 0.2) is 84.9 Å². The second-order valence-corrected chi connectivity index (χ2v) is 8.62. The maximum Gasteiger partial charge on any atom is 0.243 e. The van der Waals surface area contributed by atoms with Crippen molar-refractivity contribution in [2.75, 3.05) is 0 Å². The maximum atomic E-state index is 13.5. The minimum atomic E-state index is -0.633. The number of benzene rings is 3. The Morgan fingerprint density at radius 2 is 1.38 bits per heavy atom. The van der Waals surface area contributed by atoms with Crippen LogP contribution in [0.5, 0.6) is 0 Å². The highest BCUT2D eigenvalue weighted by molar-refractivity contribution is 6.30. The number of carbonyl (C=O) groups excluding carboxylic acids is 2. The molecular weight excluding hydrogens is 420 g/mol. The number of carbonyl (C=O) groups is 2. The quantitative estimate of drug-likeness (QED) is 0.498. The molecule has 0 unspecified atom stereocenters. The molecule has 0 saturated heterocycles. The van der Waals surface area contributed by atoms with E-state index in [1.807, 2.05) is 86.6 Å². The molecule has 0 heterocycles. The van der Waals surface area contributed by atoms with E-state index in [0.717, 1.165) is 16.7 Å². The lowest BCUT2D eigenvalue weighted by atomic mass is 10.0. The summed E-state index contributed by atoms with van der Waals surface area (Å²) in [7, 11) is 0. The Morgan fingerprint density at radius 3 is 1.94 bits per heavy atom. The third kappa shape index (κ3) is 6.96. The molecule has 0 aromatic heterocycles. The Hall–Kier alpha value is -3.11. The van der Waals surface area contributed by atoms with Crippen LogP contribution >= 0.6 is 11.6 Å². The zero-order valence-electron chi connectivity index (χ0n) is 18.5. The number of rotatable bonds is 9. The van der Waals surface area contributed by atoms with Gasteiger partial charge in [0.1, 0.15) is 6.04 Å². The predicted octanol–water partition coefficient (Wildman–Crippen LogP) is 5.05. The fourth-order valence-corrected chi connectivity index (χ4v) is 3.72. The molecule has 0 aliphatic rings. The Morgan fingerprint density at radius 1 is 0.812 bits per heavy atom. The van der Waals surface area contributed by atoms with Gasteiger partial charge in [-0.25, -0.2) is 0 Å². The molecule has 0 aliphatic heterocycles. The van der Waals surface area contributed by atoms with Crippen LogP contribution in [0, 0.1) is 0 Å². The molecule has 32 heavy (non-hydrogen) atoms. The van der Waals surface area contributed by atoms with Crippen molar-refractivity contribution in [2.24, 2.45) is 0 Å². The van der Waals surface area contributed by atoms with E-state index in [4.69, 9.17) is 11.6 Å². The van der Waals surface area contributed by atoms with Gasteiger partial charge in [-0.3, -0.25) is 9.59 Å². The number of nitrogens with one attached hydrogen (secondary N) is 1. The van der Waals surface area contributed by atoms with E-state index in [0.29, 0.717) is 18.0 Å². The van der Waals surface area contributed by atoms with Crippen LogP contribution in [-0.4, -0.2) is 28.8 Å². The number of amides is 2. The van der Waals surface area contributed by atoms with E-state index in [-0.39, 0.29) is 24.3 Å². The molecule has 2 amide bonds. The lowest BCUT2D eigenvalue weighted by Crippen LogP contribution is -2.52. The summed E-state index contributed by atoms with van der Waals surface area (Å²) in [6.45, 7) is 4.17. The fourth-order valence-electron chi connectivity index (χ4n) is 3.59. The summed E-state index contributed by atoms with van der Waals surface area (Å²) in [5.74, 6) is -0.245. The van der Waals surface area contributed by atoms with E-state index < -0.39 is 6.04 Å². The molecule has 0 radical (unpaired) electrons. The Balaban J connectivity index is 1.94. The van der Waals surface area contributed by atoms with Gasteiger partial charge in [-0.2, -0.15) is 0 Å². The van der Waals surface area contributed by atoms with Crippen LogP contribution in [0.3, 0.4) is 0 Å². The zero-order chi connectivity index (χ0) is 22.9. The van der Waals surface area contributed by atoms with Gasteiger partial charge >= 0.3 is 0 Å². The largest absolute Gasteiger partial charge is 0.352 e. The summed E-state index contributed by atoms with van der Waals surface area (Å²) in [5.41, 5.74) is 2.84. The monoisotopic (exact) mass is 448 g/mol. The van der Waals surface area contributed by atoms with Crippen LogP contribution in [-0.2, 0) is 29.0 Å². The van der Waals surface area contributed by atoms with E-state index in [2.05, 4.69) is 5.32 Å². The molecule has 0 bridgehead atoms. The van der Waals surface area contributed by atoms with Crippen molar-refractivity contribution < 1.29 is 9.59 Å². The van der Waals surface area contributed by atoms with Gasteiger partial charge in [-0.1, -0.05) is 84.4 Å². The third-order valence-corrected chi connectivity index (χ3v) is 5.42. The molecule has 0 spiro atoms. The summed E-state index contributed by atoms with van der Waals surface area (Å²) in [5, 5.41) is 3.64. The topological polar surface area (TPSA) is 49.4 Å². The van der Waals surface area contributed by atoms with Crippen LogP contribution in [0.25, 0.3) is 0 Å². The fraction of sp³-hybridized carbons (Fsp3) is 0.259. The highest BCUT2D eigenvalue weighted by Crippen LogP contribution is 2.18. The van der Waals surface area contributed by atoms with Crippen molar-refractivity contribution in [2.45, 2.75) is 45.3 Å². The molecule has 0 aliphatic carbocycles.